The van der Waals surface area contributed by atoms with Gasteiger partial charge < -0.3 is 38.6 Å². The second-order valence-electron chi connectivity index (χ2n) is 13.3. The van der Waals surface area contributed by atoms with Gasteiger partial charge in [-0.3, -0.25) is 38.9 Å². The Balaban J connectivity index is 2.13. The minimum absolute atomic E-state index is 0.0307. The molecule has 0 bridgehead atoms. The lowest BCUT2D eigenvalue weighted by atomic mass is 9.76. The molecule has 6 atom stereocenters. The summed E-state index contributed by atoms with van der Waals surface area (Å²) in [5.41, 5.74) is 0.578. The summed E-state index contributed by atoms with van der Waals surface area (Å²) >= 11 is 0.802. The summed E-state index contributed by atoms with van der Waals surface area (Å²) in [6.45, 7) is 4.36. The van der Waals surface area contributed by atoms with Crippen molar-refractivity contribution in [2.45, 2.75) is 70.3 Å². The van der Waals surface area contributed by atoms with Crippen LogP contribution in [0.15, 0.2) is 95.7 Å². The Morgan fingerprint density at radius 1 is 0.763 bits per heavy atom. The molecular formula is C41H45N3O14S. The molecule has 1 aliphatic rings. The summed E-state index contributed by atoms with van der Waals surface area (Å²) in [7, 11) is 3.05. The van der Waals surface area contributed by atoms with Gasteiger partial charge >= 0.3 is 29.8 Å². The molecule has 0 fully saturated rings. The summed E-state index contributed by atoms with van der Waals surface area (Å²) in [4.78, 5) is 93.5. The molecule has 1 aliphatic heterocycles. The Hall–Kier alpha value is -6.43. The molecule has 1 heterocycles. The van der Waals surface area contributed by atoms with Gasteiger partial charge in [0.15, 0.2) is 24.4 Å². The maximum absolute atomic E-state index is 15.3. The third-order valence-corrected chi connectivity index (χ3v) is 10.6. The number of anilines is 1. The molecule has 3 aromatic rings. The fraction of sp³-hybridized carbons (Fsp3) is 0.366. The van der Waals surface area contributed by atoms with Crippen LogP contribution >= 0.6 is 11.8 Å². The van der Waals surface area contributed by atoms with Crippen LogP contribution in [0.5, 0.6) is 5.75 Å². The Kier molecular flexibility index (Phi) is 15.6. The molecule has 1 N–H and O–H groups in total. The molecular weight excluding hydrogens is 791 g/mol. The lowest BCUT2D eigenvalue weighted by Gasteiger charge is -2.41. The van der Waals surface area contributed by atoms with E-state index in [-0.39, 0.29) is 22.8 Å². The fourth-order valence-corrected chi connectivity index (χ4v) is 8.30. The molecule has 59 heavy (non-hydrogen) atoms. The van der Waals surface area contributed by atoms with E-state index in [1.165, 1.54) is 7.11 Å². The summed E-state index contributed by atoms with van der Waals surface area (Å²) < 4.78 is 31.1. The lowest BCUT2D eigenvalue weighted by Crippen LogP contribution is -2.59. The van der Waals surface area contributed by atoms with Gasteiger partial charge in [-0.25, -0.2) is 0 Å². The number of carbonyl (C=O) groups is 6. The second kappa shape index (κ2) is 20.3. The first-order valence-electron chi connectivity index (χ1n) is 18.1. The molecule has 1 amide bonds. The fourth-order valence-electron chi connectivity index (χ4n) is 6.70. The van der Waals surface area contributed by atoms with Gasteiger partial charge in [0.2, 0.25) is 5.91 Å². The van der Waals surface area contributed by atoms with E-state index >= 15 is 4.79 Å². The molecule has 0 spiro atoms. The zero-order chi connectivity index (χ0) is 43.4. The molecule has 0 aromatic heterocycles. The van der Waals surface area contributed by atoms with Gasteiger partial charge in [0.05, 0.1) is 12.0 Å². The van der Waals surface area contributed by atoms with E-state index in [0.29, 0.717) is 5.75 Å². The van der Waals surface area contributed by atoms with Crippen molar-refractivity contribution in [1.82, 2.24) is 4.90 Å². The molecule has 3 aromatic carbocycles. The van der Waals surface area contributed by atoms with Gasteiger partial charge in [0.25, 0.3) is 5.70 Å². The number of rotatable bonds is 18. The predicted octanol–water partition coefficient (Wildman–Crippen LogP) is 4.76. The quantitative estimate of drug-likeness (QED) is 0.0791. The van der Waals surface area contributed by atoms with Crippen LogP contribution in [0.2, 0.25) is 0 Å². The van der Waals surface area contributed by atoms with E-state index in [1.54, 1.807) is 96.9 Å². The highest BCUT2D eigenvalue weighted by molar-refractivity contribution is 8.04. The minimum atomic E-state index is -2.14. The highest BCUT2D eigenvalue weighted by atomic mass is 32.2. The van der Waals surface area contributed by atoms with Crippen LogP contribution in [-0.2, 0) is 63.7 Å². The zero-order valence-corrected chi connectivity index (χ0v) is 34.2. The van der Waals surface area contributed by atoms with Gasteiger partial charge in [-0.05, 0) is 35.4 Å². The lowest BCUT2D eigenvalue weighted by molar-refractivity contribution is -0.438. The number of hydrogen-bond acceptors (Lipinski definition) is 16. The molecule has 314 valence electrons. The first kappa shape index (κ1) is 45.3. The number of carbonyl (C=O) groups excluding carboxylic acids is 6. The number of esters is 5. The van der Waals surface area contributed by atoms with Crippen molar-refractivity contribution >= 4 is 53.2 Å². The van der Waals surface area contributed by atoms with Crippen LogP contribution < -0.4 is 10.1 Å². The topological polar surface area (TPSA) is 216 Å². The van der Waals surface area contributed by atoms with Gasteiger partial charge in [-0.1, -0.05) is 72.4 Å². The number of amides is 1. The van der Waals surface area contributed by atoms with E-state index in [4.69, 9.17) is 28.4 Å². The summed E-state index contributed by atoms with van der Waals surface area (Å²) in [5.74, 6) is -7.13. The Morgan fingerprint density at radius 3 is 1.81 bits per heavy atom. The molecule has 0 saturated heterocycles. The maximum Gasteiger partial charge on any atom is 0.303 e. The molecule has 18 heteroatoms. The van der Waals surface area contributed by atoms with Crippen molar-refractivity contribution in [2.75, 3.05) is 26.1 Å². The van der Waals surface area contributed by atoms with Gasteiger partial charge in [-0.2, -0.15) is 0 Å². The maximum atomic E-state index is 15.3. The van der Waals surface area contributed by atoms with Gasteiger partial charge in [0.1, 0.15) is 28.1 Å². The van der Waals surface area contributed by atoms with Crippen molar-refractivity contribution in [1.29, 1.82) is 0 Å². The van der Waals surface area contributed by atoms with Crippen LogP contribution in [0, 0.1) is 16.0 Å². The number of methoxy groups -OCH3 is 1. The molecule has 17 nitrogen and oxygen atoms in total. The van der Waals surface area contributed by atoms with E-state index in [0.717, 1.165) is 51.9 Å². The summed E-state index contributed by atoms with van der Waals surface area (Å²) in [5, 5.41) is 16.5. The zero-order valence-electron chi connectivity index (χ0n) is 33.4. The first-order chi connectivity index (χ1) is 28.0. The van der Waals surface area contributed by atoms with Crippen molar-refractivity contribution in [3.05, 3.63) is 117 Å². The summed E-state index contributed by atoms with van der Waals surface area (Å²) in [6.07, 6.45) is -7.81. The molecule has 4 rings (SSSR count). The van der Waals surface area contributed by atoms with Crippen molar-refractivity contribution < 1.29 is 62.1 Å². The highest BCUT2D eigenvalue weighted by Crippen LogP contribution is 2.60. The number of nitro groups is 1. The molecule has 0 unspecified atom stereocenters. The van der Waals surface area contributed by atoms with Gasteiger partial charge in [-0.15, -0.1) is 0 Å². The van der Waals surface area contributed by atoms with Crippen LogP contribution in [0.25, 0.3) is 0 Å². The van der Waals surface area contributed by atoms with E-state index in [1.807, 2.05) is 0 Å². The average Bonchev–Trinajstić information content (AvgIpc) is 3.55. The van der Waals surface area contributed by atoms with E-state index < -0.39 is 88.1 Å². The standard InChI is InChI=1S/C41H45N3O14S/c1-24(45)54-23-33(55-25(2)46)36(56-26(3)47)38(58-28(5)49)37(57-27(4)48)34-35(44(51)52)39(43(6)22-29-14-10-8-11-15-29)59-41(34,30-16-12-9-13-17-30)40(50)42-31-18-20-32(53-7)21-19-31/h8-21,33-34,36-38H,22-23H2,1-7H3,(H,42,50)/t33-,34-,36-,37-,38+,41+/m1/s1. The molecule has 0 aliphatic carbocycles. The SMILES string of the molecule is COc1ccc(NC(=O)[C@@]2(c3ccccc3)SC(N(C)Cc3ccccc3)=C([N+](=O)[O-])[C@@H]2[C@@H](OC(C)=O)[C@@H](OC(C)=O)[C@H](OC(C)=O)[C@@H](COC(C)=O)OC(C)=O)cc1. The number of nitrogens with zero attached hydrogens (tertiary/aromatic N) is 2. The monoisotopic (exact) mass is 835 g/mol. The van der Waals surface area contributed by atoms with Gasteiger partial charge in [0, 0.05) is 53.9 Å². The van der Waals surface area contributed by atoms with Crippen molar-refractivity contribution in [3.8, 4) is 5.75 Å². The molecule has 0 saturated carbocycles. The van der Waals surface area contributed by atoms with Crippen LogP contribution in [0.1, 0.15) is 45.7 Å². The number of thioether (sulfide) groups is 1. The molecule has 0 radical (unpaired) electrons. The minimum Gasteiger partial charge on any atom is -0.497 e. The van der Waals surface area contributed by atoms with E-state index in [2.05, 4.69) is 5.32 Å². The Morgan fingerprint density at radius 2 is 1.31 bits per heavy atom. The van der Waals surface area contributed by atoms with E-state index in [9.17, 15) is 34.1 Å². The largest absolute Gasteiger partial charge is 0.497 e. The third kappa shape index (κ3) is 11.4. The smallest absolute Gasteiger partial charge is 0.303 e. The number of hydrogen-bond donors (Lipinski definition) is 1. The van der Waals surface area contributed by atoms with Crippen molar-refractivity contribution in [3.63, 3.8) is 0 Å². The predicted molar refractivity (Wildman–Crippen MR) is 212 cm³/mol. The number of nitrogens with one attached hydrogen (secondary N) is 1. The van der Waals surface area contributed by atoms with Crippen LogP contribution in [0.4, 0.5) is 5.69 Å². The first-order valence-corrected chi connectivity index (χ1v) is 19.0. The number of benzene rings is 3. The summed E-state index contributed by atoms with van der Waals surface area (Å²) in [6, 6.07) is 23.3. The third-order valence-electron chi connectivity index (χ3n) is 8.92. The Labute approximate surface area is 344 Å². The average molecular weight is 836 g/mol. The van der Waals surface area contributed by atoms with Crippen LogP contribution in [0.3, 0.4) is 0 Å². The second-order valence-corrected chi connectivity index (χ2v) is 14.6. The van der Waals surface area contributed by atoms with Crippen molar-refractivity contribution in [2.24, 2.45) is 5.92 Å². The highest BCUT2D eigenvalue weighted by Gasteiger charge is 2.67. The Bertz CT molecular complexity index is 2050. The normalized spacial score (nSPS) is 17.9. The number of ether oxygens (including phenoxy) is 6. The van der Waals surface area contributed by atoms with Crippen LogP contribution in [-0.4, -0.2) is 90.8 Å².